The molecule has 33 heavy (non-hydrogen) atoms. The largest absolute Gasteiger partial charge is 0.0616 e. The van der Waals surface area contributed by atoms with Crippen LogP contribution in [0.15, 0.2) is 71.2 Å². The van der Waals surface area contributed by atoms with Crippen LogP contribution in [0.4, 0.5) is 0 Å². The summed E-state index contributed by atoms with van der Waals surface area (Å²) in [5.41, 5.74) is 11.6. The molecule has 1 heteroatoms. The average Bonchev–Trinajstić information content (AvgIpc) is 3.18. The fourth-order valence-corrected chi connectivity index (χ4v) is 7.63. The van der Waals surface area contributed by atoms with Crippen LogP contribution in [0.5, 0.6) is 0 Å². The van der Waals surface area contributed by atoms with Crippen molar-refractivity contribution >= 4 is 26.7 Å². The Labute approximate surface area is 206 Å². The van der Waals surface area contributed by atoms with Crippen molar-refractivity contribution in [2.24, 2.45) is 11.8 Å². The number of fused-ring (bicyclic) bond motifs is 8. The minimum Gasteiger partial charge on any atom is -0.0616 e. The quantitative estimate of drug-likeness (QED) is 0.260. The fourth-order valence-electron chi connectivity index (χ4n) is 7.27. The molecule has 0 heterocycles. The van der Waals surface area contributed by atoms with Gasteiger partial charge in [0.05, 0.1) is 0 Å². The summed E-state index contributed by atoms with van der Waals surface area (Å²) >= 11 is 3.78. The number of hydrogen-bond donors (Lipinski definition) is 0. The van der Waals surface area contributed by atoms with E-state index in [0.29, 0.717) is 11.8 Å². The smallest absolute Gasteiger partial charge is 0.0261 e. The maximum atomic E-state index is 3.78. The van der Waals surface area contributed by atoms with Crippen LogP contribution in [-0.2, 0) is 10.8 Å². The topological polar surface area (TPSA) is 0 Å². The van der Waals surface area contributed by atoms with Gasteiger partial charge in [-0.1, -0.05) is 99.9 Å². The number of hydrogen-bond acceptors (Lipinski definition) is 0. The second-order valence-corrected chi connectivity index (χ2v) is 12.1. The second kappa shape index (κ2) is 6.83. The first-order valence-corrected chi connectivity index (χ1v) is 13.0. The standard InChI is InChI=1S/C32H31Br/c1-18(2)32(19(3)4)28-15-21(33)12-13-23(28)24-16-27-25(17-29(24)32)30-22-10-8-7-9-20(22)11-14-26(30)31(27,5)6/h7-19H,1-6H3. The minimum atomic E-state index is -0.0137. The molecule has 0 amide bonds. The Morgan fingerprint density at radius 3 is 2.03 bits per heavy atom. The molecule has 2 aliphatic rings. The lowest BCUT2D eigenvalue weighted by Crippen LogP contribution is -2.37. The Kier molecular flexibility index (Phi) is 4.38. The van der Waals surface area contributed by atoms with Crippen molar-refractivity contribution in [3.05, 3.63) is 93.5 Å². The van der Waals surface area contributed by atoms with E-state index in [0.717, 1.165) is 0 Å². The molecule has 0 aliphatic heterocycles. The van der Waals surface area contributed by atoms with Gasteiger partial charge in [-0.3, -0.25) is 0 Å². The second-order valence-electron chi connectivity index (χ2n) is 11.1. The van der Waals surface area contributed by atoms with Crippen LogP contribution < -0.4 is 0 Å². The summed E-state index contributed by atoms with van der Waals surface area (Å²) < 4.78 is 1.17. The molecule has 0 saturated carbocycles. The number of benzene rings is 4. The number of rotatable bonds is 2. The van der Waals surface area contributed by atoms with Crippen LogP contribution in [0, 0.1) is 11.8 Å². The highest BCUT2D eigenvalue weighted by atomic mass is 79.9. The molecule has 4 aromatic rings. The molecule has 166 valence electrons. The van der Waals surface area contributed by atoms with Crippen molar-refractivity contribution in [2.75, 3.05) is 0 Å². The maximum Gasteiger partial charge on any atom is 0.0261 e. The fraction of sp³-hybridized carbons (Fsp3) is 0.312. The predicted molar refractivity (Wildman–Crippen MR) is 145 cm³/mol. The molecule has 4 aromatic carbocycles. The lowest BCUT2D eigenvalue weighted by molar-refractivity contribution is 0.280. The summed E-state index contributed by atoms with van der Waals surface area (Å²) in [4.78, 5) is 0. The number of halogens is 1. The molecule has 0 saturated heterocycles. The van der Waals surface area contributed by atoms with E-state index < -0.39 is 0 Å². The maximum absolute atomic E-state index is 3.78. The van der Waals surface area contributed by atoms with Gasteiger partial charge in [0.15, 0.2) is 0 Å². The highest BCUT2D eigenvalue weighted by Gasteiger charge is 2.49. The molecule has 0 radical (unpaired) electrons. The van der Waals surface area contributed by atoms with E-state index >= 15 is 0 Å². The van der Waals surface area contributed by atoms with E-state index in [1.165, 1.54) is 59.8 Å². The van der Waals surface area contributed by atoms with E-state index in [-0.39, 0.29) is 10.8 Å². The predicted octanol–water partition coefficient (Wildman–Crippen LogP) is 9.49. The Morgan fingerprint density at radius 1 is 0.636 bits per heavy atom. The van der Waals surface area contributed by atoms with Crippen molar-refractivity contribution in [2.45, 2.75) is 52.4 Å². The van der Waals surface area contributed by atoms with Crippen LogP contribution in [0.25, 0.3) is 33.0 Å². The molecule has 2 aliphatic carbocycles. The lowest BCUT2D eigenvalue weighted by atomic mass is 9.62. The van der Waals surface area contributed by atoms with Crippen molar-refractivity contribution in [3.63, 3.8) is 0 Å². The van der Waals surface area contributed by atoms with Crippen LogP contribution in [0.1, 0.15) is 63.8 Å². The molecule has 0 unspecified atom stereocenters. The van der Waals surface area contributed by atoms with E-state index in [4.69, 9.17) is 0 Å². The molecule has 0 atom stereocenters. The third kappa shape index (κ3) is 2.52. The van der Waals surface area contributed by atoms with Gasteiger partial charge in [-0.05, 0) is 91.4 Å². The van der Waals surface area contributed by atoms with E-state index in [1.807, 2.05) is 0 Å². The monoisotopic (exact) mass is 494 g/mol. The molecule has 0 N–H and O–H groups in total. The highest BCUT2D eigenvalue weighted by Crippen LogP contribution is 2.61. The van der Waals surface area contributed by atoms with Gasteiger partial charge in [-0.15, -0.1) is 0 Å². The van der Waals surface area contributed by atoms with Gasteiger partial charge in [0.25, 0.3) is 0 Å². The van der Waals surface area contributed by atoms with Gasteiger partial charge in [0, 0.05) is 15.3 Å². The van der Waals surface area contributed by atoms with Gasteiger partial charge in [-0.25, -0.2) is 0 Å². The highest BCUT2D eigenvalue weighted by molar-refractivity contribution is 9.10. The first kappa shape index (κ1) is 21.2. The van der Waals surface area contributed by atoms with Crippen molar-refractivity contribution in [1.29, 1.82) is 0 Å². The van der Waals surface area contributed by atoms with Crippen molar-refractivity contribution in [3.8, 4) is 22.3 Å². The summed E-state index contributed by atoms with van der Waals surface area (Å²) in [6, 6.07) is 25.6. The molecule has 0 fully saturated rings. The molecular formula is C32H31Br. The Balaban J connectivity index is 1.76. The zero-order chi connectivity index (χ0) is 23.3. The third-order valence-corrected chi connectivity index (χ3v) is 9.18. The normalized spacial score (nSPS) is 16.8. The van der Waals surface area contributed by atoms with E-state index in [2.05, 4.69) is 124 Å². The van der Waals surface area contributed by atoms with Crippen molar-refractivity contribution in [1.82, 2.24) is 0 Å². The molecule has 0 aromatic heterocycles. The van der Waals surface area contributed by atoms with Gasteiger partial charge < -0.3 is 0 Å². The van der Waals surface area contributed by atoms with Crippen LogP contribution in [0.2, 0.25) is 0 Å². The first-order valence-electron chi connectivity index (χ1n) is 12.2. The lowest BCUT2D eigenvalue weighted by Gasteiger charge is -2.40. The molecule has 0 spiro atoms. The first-order chi connectivity index (χ1) is 15.7. The van der Waals surface area contributed by atoms with Crippen molar-refractivity contribution < 1.29 is 0 Å². The van der Waals surface area contributed by atoms with Crippen LogP contribution in [-0.4, -0.2) is 0 Å². The Bertz CT molecular complexity index is 1440. The summed E-state index contributed by atoms with van der Waals surface area (Å²) in [6.45, 7) is 14.4. The van der Waals surface area contributed by atoms with E-state index in [1.54, 1.807) is 0 Å². The molecule has 6 rings (SSSR count). The zero-order valence-corrected chi connectivity index (χ0v) is 22.0. The molecule has 0 nitrogen and oxygen atoms in total. The van der Waals surface area contributed by atoms with Gasteiger partial charge in [0.1, 0.15) is 0 Å². The Hall–Kier alpha value is -2.38. The minimum absolute atomic E-state index is 0.000949. The third-order valence-electron chi connectivity index (χ3n) is 8.69. The summed E-state index contributed by atoms with van der Waals surface area (Å²) in [6.07, 6.45) is 0. The average molecular weight is 496 g/mol. The Morgan fingerprint density at radius 2 is 1.30 bits per heavy atom. The van der Waals surface area contributed by atoms with E-state index in [9.17, 15) is 0 Å². The molecule has 0 bridgehead atoms. The summed E-state index contributed by atoms with van der Waals surface area (Å²) in [7, 11) is 0. The van der Waals surface area contributed by atoms with Crippen LogP contribution in [0.3, 0.4) is 0 Å². The molecular weight excluding hydrogens is 464 g/mol. The van der Waals surface area contributed by atoms with Crippen LogP contribution >= 0.6 is 15.9 Å². The summed E-state index contributed by atoms with van der Waals surface area (Å²) in [5, 5.41) is 2.70. The van der Waals surface area contributed by atoms with Gasteiger partial charge in [-0.2, -0.15) is 0 Å². The van der Waals surface area contributed by atoms with Gasteiger partial charge >= 0.3 is 0 Å². The van der Waals surface area contributed by atoms with Gasteiger partial charge in [0.2, 0.25) is 0 Å². The summed E-state index contributed by atoms with van der Waals surface area (Å²) in [5.74, 6) is 0.984. The zero-order valence-electron chi connectivity index (χ0n) is 20.4. The SMILES string of the molecule is CC(C)C1(C(C)C)c2cc(Br)ccc2-c2cc3c(cc21)-c1c(ccc2ccccc12)C3(C)C.